The number of hydrogen-bond acceptors (Lipinski definition) is 6. The van der Waals surface area contributed by atoms with E-state index in [0.29, 0.717) is 11.3 Å². The largest absolute Gasteiger partial charge is 0.348 e. The van der Waals surface area contributed by atoms with Gasteiger partial charge in [-0.15, -0.1) is 0 Å². The number of nitro groups is 1. The number of amides is 2. The number of sulfonamides is 1. The summed E-state index contributed by atoms with van der Waals surface area (Å²) in [5, 5.41) is 15.8. The number of carbonyl (C=O) groups is 2. The molecule has 0 aliphatic carbocycles. The number of anilines is 1. The molecular formula is C18H20N4O6S. The van der Waals surface area contributed by atoms with Crippen molar-refractivity contribution in [3.05, 3.63) is 69.8 Å². The van der Waals surface area contributed by atoms with Gasteiger partial charge in [0, 0.05) is 17.7 Å². The first kappa shape index (κ1) is 21.8. The fourth-order valence-corrected chi connectivity index (χ4v) is 3.15. The Morgan fingerprint density at radius 3 is 2.48 bits per heavy atom. The molecule has 0 bridgehead atoms. The SMILES string of the molecule is CC(NC(=O)CNC(=O)c1cccc([N+](=O)[O-])c1)c1ccccc1NS(C)(=O)=O. The average Bonchev–Trinajstić information content (AvgIpc) is 2.65. The van der Waals surface area contributed by atoms with Crippen LogP contribution in [0.5, 0.6) is 0 Å². The van der Waals surface area contributed by atoms with Gasteiger partial charge in [-0.3, -0.25) is 24.4 Å². The maximum atomic E-state index is 12.2. The minimum atomic E-state index is -3.49. The van der Waals surface area contributed by atoms with Gasteiger partial charge in [0.05, 0.1) is 29.5 Å². The van der Waals surface area contributed by atoms with Gasteiger partial charge < -0.3 is 10.6 Å². The van der Waals surface area contributed by atoms with E-state index in [1.165, 1.54) is 18.2 Å². The van der Waals surface area contributed by atoms with E-state index in [1.807, 2.05) is 0 Å². The summed E-state index contributed by atoms with van der Waals surface area (Å²) < 4.78 is 25.4. The van der Waals surface area contributed by atoms with Gasteiger partial charge in [-0.05, 0) is 24.6 Å². The summed E-state index contributed by atoms with van der Waals surface area (Å²) in [6, 6.07) is 11.2. The molecule has 2 aromatic carbocycles. The van der Waals surface area contributed by atoms with Crippen LogP contribution in [0.4, 0.5) is 11.4 Å². The first-order valence-corrected chi connectivity index (χ1v) is 10.3. The maximum absolute atomic E-state index is 12.2. The van der Waals surface area contributed by atoms with E-state index in [4.69, 9.17) is 0 Å². The van der Waals surface area contributed by atoms with E-state index in [9.17, 15) is 28.1 Å². The molecule has 0 saturated heterocycles. The Labute approximate surface area is 167 Å². The normalized spacial score (nSPS) is 11.9. The fourth-order valence-electron chi connectivity index (χ4n) is 2.56. The molecule has 1 atom stereocenters. The summed E-state index contributed by atoms with van der Waals surface area (Å²) in [6.45, 7) is 1.32. The number of rotatable bonds is 8. The molecular weight excluding hydrogens is 400 g/mol. The molecule has 0 heterocycles. The summed E-state index contributed by atoms with van der Waals surface area (Å²) in [6.07, 6.45) is 1.02. The molecule has 1 unspecified atom stereocenters. The molecule has 2 rings (SSSR count). The Morgan fingerprint density at radius 2 is 1.83 bits per heavy atom. The van der Waals surface area contributed by atoms with Gasteiger partial charge in [-0.25, -0.2) is 8.42 Å². The molecule has 0 saturated carbocycles. The molecule has 0 radical (unpaired) electrons. The van der Waals surface area contributed by atoms with Crippen molar-refractivity contribution in [2.75, 3.05) is 17.5 Å². The van der Waals surface area contributed by atoms with Gasteiger partial charge in [0.2, 0.25) is 15.9 Å². The summed E-state index contributed by atoms with van der Waals surface area (Å²) in [5.41, 5.74) is 0.716. The summed E-state index contributed by atoms with van der Waals surface area (Å²) in [5.74, 6) is -1.14. The van der Waals surface area contributed by atoms with Crippen molar-refractivity contribution in [2.45, 2.75) is 13.0 Å². The van der Waals surface area contributed by atoms with Crippen LogP contribution in [-0.4, -0.2) is 38.0 Å². The predicted octanol–water partition coefficient (Wildman–Crippen LogP) is 1.57. The van der Waals surface area contributed by atoms with Crippen LogP contribution >= 0.6 is 0 Å². The van der Waals surface area contributed by atoms with Crippen LogP contribution in [0.2, 0.25) is 0 Å². The Hall–Kier alpha value is -3.47. The van der Waals surface area contributed by atoms with Crippen LogP contribution in [0.1, 0.15) is 28.9 Å². The highest BCUT2D eigenvalue weighted by atomic mass is 32.2. The average molecular weight is 420 g/mol. The quantitative estimate of drug-likeness (QED) is 0.436. The first-order valence-electron chi connectivity index (χ1n) is 8.45. The number of carbonyl (C=O) groups excluding carboxylic acids is 2. The molecule has 0 fully saturated rings. The summed E-state index contributed by atoms with van der Waals surface area (Å²) in [4.78, 5) is 34.4. The minimum absolute atomic E-state index is 0.0581. The minimum Gasteiger partial charge on any atom is -0.348 e. The van der Waals surface area contributed by atoms with Crippen molar-refractivity contribution in [1.29, 1.82) is 0 Å². The number of nitro benzene ring substituents is 1. The van der Waals surface area contributed by atoms with Crippen LogP contribution in [0, 0.1) is 10.1 Å². The highest BCUT2D eigenvalue weighted by molar-refractivity contribution is 7.92. The topological polar surface area (TPSA) is 148 Å². The van der Waals surface area contributed by atoms with Crippen LogP contribution in [-0.2, 0) is 14.8 Å². The first-order chi connectivity index (χ1) is 13.6. The lowest BCUT2D eigenvalue weighted by Gasteiger charge is -2.18. The third-order valence-corrected chi connectivity index (χ3v) is 4.42. The monoisotopic (exact) mass is 420 g/mol. The van der Waals surface area contributed by atoms with Gasteiger partial charge in [-0.1, -0.05) is 24.3 Å². The Morgan fingerprint density at radius 1 is 1.14 bits per heavy atom. The van der Waals surface area contributed by atoms with E-state index in [-0.39, 0.29) is 17.8 Å². The zero-order valence-electron chi connectivity index (χ0n) is 15.7. The van der Waals surface area contributed by atoms with Crippen molar-refractivity contribution in [2.24, 2.45) is 0 Å². The lowest BCUT2D eigenvalue weighted by Crippen LogP contribution is -2.38. The van der Waals surface area contributed by atoms with Crippen molar-refractivity contribution in [3.8, 4) is 0 Å². The van der Waals surface area contributed by atoms with Crippen molar-refractivity contribution in [3.63, 3.8) is 0 Å². The number of benzene rings is 2. The second kappa shape index (κ2) is 9.15. The molecule has 154 valence electrons. The summed E-state index contributed by atoms with van der Waals surface area (Å²) in [7, 11) is -3.49. The van der Waals surface area contributed by atoms with E-state index >= 15 is 0 Å². The Kier molecular flexibility index (Phi) is 6.89. The second-order valence-electron chi connectivity index (χ2n) is 6.24. The number of nitrogens with one attached hydrogen (secondary N) is 3. The van der Waals surface area contributed by atoms with Crippen molar-refractivity contribution in [1.82, 2.24) is 10.6 Å². The highest BCUT2D eigenvalue weighted by Gasteiger charge is 2.16. The molecule has 2 amide bonds. The molecule has 2 aromatic rings. The number of hydrogen-bond donors (Lipinski definition) is 3. The standard InChI is InChI=1S/C18H20N4O6S/c1-12(15-8-3-4-9-16(15)21-29(2,27)28)20-17(23)11-19-18(24)13-6-5-7-14(10-13)22(25)26/h3-10,12,21H,11H2,1-2H3,(H,19,24)(H,20,23). The number of non-ortho nitro benzene ring substituents is 1. The molecule has 0 aliphatic heterocycles. The smallest absolute Gasteiger partial charge is 0.270 e. The van der Waals surface area contributed by atoms with E-state index in [0.717, 1.165) is 12.3 Å². The lowest BCUT2D eigenvalue weighted by atomic mass is 10.1. The zero-order valence-corrected chi connectivity index (χ0v) is 16.5. The maximum Gasteiger partial charge on any atom is 0.270 e. The Bertz CT molecular complexity index is 1040. The second-order valence-corrected chi connectivity index (χ2v) is 7.99. The van der Waals surface area contributed by atoms with Crippen LogP contribution in [0.15, 0.2) is 48.5 Å². The Balaban J connectivity index is 1.98. The van der Waals surface area contributed by atoms with E-state index in [2.05, 4.69) is 15.4 Å². The molecule has 3 N–H and O–H groups in total. The molecule has 0 spiro atoms. The molecule has 10 nitrogen and oxygen atoms in total. The number of para-hydroxylation sites is 1. The molecule has 11 heteroatoms. The van der Waals surface area contributed by atoms with Gasteiger partial charge in [0.25, 0.3) is 11.6 Å². The van der Waals surface area contributed by atoms with E-state index in [1.54, 1.807) is 31.2 Å². The van der Waals surface area contributed by atoms with Crippen molar-refractivity contribution >= 4 is 33.2 Å². The van der Waals surface area contributed by atoms with Crippen molar-refractivity contribution < 1.29 is 22.9 Å². The molecule has 0 aromatic heterocycles. The van der Waals surface area contributed by atoms with Crippen LogP contribution in [0.3, 0.4) is 0 Å². The predicted molar refractivity (Wildman–Crippen MR) is 107 cm³/mol. The van der Waals surface area contributed by atoms with E-state index < -0.39 is 32.8 Å². The van der Waals surface area contributed by atoms with Crippen LogP contribution in [0.25, 0.3) is 0 Å². The fraction of sp³-hybridized carbons (Fsp3) is 0.222. The third kappa shape index (κ3) is 6.57. The van der Waals surface area contributed by atoms with Gasteiger partial charge in [-0.2, -0.15) is 0 Å². The van der Waals surface area contributed by atoms with Gasteiger partial charge in [0.15, 0.2) is 0 Å². The lowest BCUT2D eigenvalue weighted by molar-refractivity contribution is -0.384. The number of nitrogens with zero attached hydrogens (tertiary/aromatic N) is 1. The zero-order chi connectivity index (χ0) is 21.6. The molecule has 0 aliphatic rings. The van der Waals surface area contributed by atoms with Gasteiger partial charge in [0.1, 0.15) is 0 Å². The van der Waals surface area contributed by atoms with Crippen LogP contribution < -0.4 is 15.4 Å². The summed E-state index contributed by atoms with van der Waals surface area (Å²) >= 11 is 0. The van der Waals surface area contributed by atoms with Gasteiger partial charge >= 0.3 is 0 Å². The molecule has 29 heavy (non-hydrogen) atoms. The third-order valence-electron chi connectivity index (χ3n) is 3.83. The highest BCUT2D eigenvalue weighted by Crippen LogP contribution is 2.23.